The Labute approximate surface area is 112 Å². The zero-order valence-corrected chi connectivity index (χ0v) is 10.7. The Kier molecular flexibility index (Phi) is 3.44. The smallest absolute Gasteiger partial charge is 0.267 e. The van der Waals surface area contributed by atoms with Gasteiger partial charge in [0, 0.05) is 0 Å². The number of nitrogens with one attached hydrogen (secondary N) is 1. The highest BCUT2D eigenvalue weighted by Crippen LogP contribution is 2.22. The van der Waals surface area contributed by atoms with E-state index in [0.29, 0.717) is 15.7 Å². The van der Waals surface area contributed by atoms with Gasteiger partial charge in [-0.25, -0.2) is 9.37 Å². The monoisotopic (exact) mass is 276 g/mol. The lowest BCUT2D eigenvalue weighted by Gasteiger charge is -2.05. The summed E-state index contributed by atoms with van der Waals surface area (Å²) in [7, 11) is 0. The van der Waals surface area contributed by atoms with Crippen LogP contribution in [0.15, 0.2) is 18.2 Å². The first-order valence-corrected chi connectivity index (χ1v) is 6.07. The van der Waals surface area contributed by atoms with Crippen LogP contribution in [-0.4, -0.2) is 10.9 Å². The quantitative estimate of drug-likeness (QED) is 0.880. The molecule has 0 aliphatic carbocycles. The summed E-state index contributed by atoms with van der Waals surface area (Å²) in [5.74, 6) is -0.956. The minimum atomic E-state index is -0.534. The fourth-order valence-corrected chi connectivity index (χ4v) is 2.25. The second kappa shape index (κ2) is 5.04. The largest absolute Gasteiger partial charge is 0.375 e. The summed E-state index contributed by atoms with van der Waals surface area (Å²) in [4.78, 5) is 16.3. The van der Waals surface area contributed by atoms with Crippen LogP contribution in [0.2, 0.25) is 0 Å². The van der Waals surface area contributed by atoms with Gasteiger partial charge in [0.05, 0.1) is 16.9 Å². The highest BCUT2D eigenvalue weighted by atomic mass is 32.1. The van der Waals surface area contributed by atoms with E-state index in [4.69, 9.17) is 11.0 Å². The number of nitriles is 1. The van der Waals surface area contributed by atoms with Crippen molar-refractivity contribution in [3.05, 3.63) is 40.2 Å². The molecule has 2 aromatic rings. The number of thiazole rings is 1. The molecule has 0 spiro atoms. The summed E-state index contributed by atoms with van der Waals surface area (Å²) in [5.41, 5.74) is 6.34. The van der Waals surface area contributed by atoms with E-state index in [1.807, 2.05) is 6.07 Å². The van der Waals surface area contributed by atoms with Gasteiger partial charge in [0.2, 0.25) is 0 Å². The van der Waals surface area contributed by atoms with Crippen molar-refractivity contribution in [2.45, 2.75) is 6.92 Å². The van der Waals surface area contributed by atoms with Crippen LogP contribution in [0.4, 0.5) is 15.2 Å². The SMILES string of the molecule is Cc1nc(N)sc1C(=O)Nc1ccc(F)cc1C#N. The molecule has 0 saturated carbocycles. The van der Waals surface area contributed by atoms with Gasteiger partial charge in [0.15, 0.2) is 5.13 Å². The van der Waals surface area contributed by atoms with Crippen LogP contribution in [0.25, 0.3) is 0 Å². The van der Waals surface area contributed by atoms with Crippen molar-refractivity contribution in [2.24, 2.45) is 0 Å². The topological polar surface area (TPSA) is 91.8 Å². The second-order valence-electron chi connectivity index (χ2n) is 3.72. The number of hydrogen-bond acceptors (Lipinski definition) is 5. The van der Waals surface area contributed by atoms with Gasteiger partial charge < -0.3 is 11.1 Å². The van der Waals surface area contributed by atoms with Crippen molar-refractivity contribution < 1.29 is 9.18 Å². The fourth-order valence-electron chi connectivity index (χ4n) is 1.53. The number of nitrogen functional groups attached to an aromatic ring is 1. The zero-order valence-electron chi connectivity index (χ0n) is 9.90. The molecular formula is C12H9FN4OS. The molecule has 7 heteroatoms. The second-order valence-corrected chi connectivity index (χ2v) is 4.75. The molecule has 2 rings (SSSR count). The Hall–Kier alpha value is -2.46. The van der Waals surface area contributed by atoms with Crippen LogP contribution in [0.5, 0.6) is 0 Å². The number of carbonyl (C=O) groups excluding carboxylic acids is 1. The van der Waals surface area contributed by atoms with Gasteiger partial charge in [-0.2, -0.15) is 5.26 Å². The zero-order chi connectivity index (χ0) is 14.0. The average molecular weight is 276 g/mol. The van der Waals surface area contributed by atoms with Crippen molar-refractivity contribution in [1.29, 1.82) is 5.26 Å². The van der Waals surface area contributed by atoms with Crippen molar-refractivity contribution in [1.82, 2.24) is 4.98 Å². The molecule has 1 heterocycles. The van der Waals surface area contributed by atoms with Gasteiger partial charge in [-0.3, -0.25) is 4.79 Å². The molecule has 19 heavy (non-hydrogen) atoms. The number of nitrogens with zero attached hydrogens (tertiary/aromatic N) is 2. The molecule has 3 N–H and O–H groups in total. The van der Waals surface area contributed by atoms with Crippen LogP contribution in [-0.2, 0) is 0 Å². The van der Waals surface area contributed by atoms with Crippen molar-refractivity contribution in [2.75, 3.05) is 11.1 Å². The van der Waals surface area contributed by atoms with Crippen LogP contribution < -0.4 is 11.1 Å². The van der Waals surface area contributed by atoms with E-state index < -0.39 is 11.7 Å². The van der Waals surface area contributed by atoms with Crippen LogP contribution in [0.1, 0.15) is 20.9 Å². The molecule has 96 valence electrons. The highest BCUT2D eigenvalue weighted by Gasteiger charge is 2.15. The number of aryl methyl sites for hydroxylation is 1. The molecule has 1 amide bonds. The highest BCUT2D eigenvalue weighted by molar-refractivity contribution is 7.17. The van der Waals surface area contributed by atoms with Gasteiger partial charge in [0.25, 0.3) is 5.91 Å². The van der Waals surface area contributed by atoms with E-state index in [0.717, 1.165) is 17.4 Å². The average Bonchev–Trinajstić information content (AvgIpc) is 2.70. The maximum atomic E-state index is 13.0. The molecule has 5 nitrogen and oxygen atoms in total. The summed E-state index contributed by atoms with van der Waals surface area (Å²) in [5, 5.41) is 11.7. The molecule has 1 aromatic heterocycles. The Morgan fingerprint density at radius 2 is 2.32 bits per heavy atom. The van der Waals surface area contributed by atoms with Gasteiger partial charge in [-0.05, 0) is 25.1 Å². The van der Waals surface area contributed by atoms with E-state index in [-0.39, 0.29) is 11.3 Å². The number of halogens is 1. The third-order valence-corrected chi connectivity index (χ3v) is 3.35. The normalized spacial score (nSPS) is 9.95. The summed E-state index contributed by atoms with van der Waals surface area (Å²) >= 11 is 1.06. The van der Waals surface area contributed by atoms with Crippen molar-refractivity contribution in [3.8, 4) is 6.07 Å². The van der Waals surface area contributed by atoms with Crippen LogP contribution in [0, 0.1) is 24.1 Å². The van der Waals surface area contributed by atoms with Gasteiger partial charge in [0.1, 0.15) is 16.8 Å². The third kappa shape index (κ3) is 2.69. The maximum Gasteiger partial charge on any atom is 0.267 e. The predicted molar refractivity (Wildman–Crippen MR) is 70.3 cm³/mol. The summed E-state index contributed by atoms with van der Waals surface area (Å²) < 4.78 is 13.0. The Morgan fingerprint density at radius 3 is 2.89 bits per heavy atom. The van der Waals surface area contributed by atoms with E-state index in [2.05, 4.69) is 10.3 Å². The summed E-state index contributed by atoms with van der Waals surface area (Å²) in [6.07, 6.45) is 0. The molecule has 0 radical (unpaired) electrons. The molecule has 0 unspecified atom stereocenters. The summed E-state index contributed by atoms with van der Waals surface area (Å²) in [6.45, 7) is 1.66. The fraction of sp³-hybridized carbons (Fsp3) is 0.0833. The van der Waals surface area contributed by atoms with Gasteiger partial charge in [-0.15, -0.1) is 0 Å². The molecule has 0 aliphatic rings. The van der Waals surface area contributed by atoms with E-state index in [1.54, 1.807) is 6.92 Å². The lowest BCUT2D eigenvalue weighted by Crippen LogP contribution is -2.12. The van der Waals surface area contributed by atoms with Crippen LogP contribution in [0.3, 0.4) is 0 Å². The molecule has 0 fully saturated rings. The number of benzene rings is 1. The molecule has 0 atom stereocenters. The molecule has 1 aromatic carbocycles. The number of anilines is 2. The van der Waals surface area contributed by atoms with E-state index in [1.165, 1.54) is 12.1 Å². The lowest BCUT2D eigenvalue weighted by molar-refractivity contribution is 0.102. The number of amides is 1. The van der Waals surface area contributed by atoms with Crippen molar-refractivity contribution in [3.63, 3.8) is 0 Å². The number of carbonyl (C=O) groups is 1. The van der Waals surface area contributed by atoms with Crippen LogP contribution >= 0.6 is 11.3 Å². The Bertz CT molecular complexity index is 690. The minimum absolute atomic E-state index is 0.0588. The third-order valence-electron chi connectivity index (χ3n) is 2.37. The number of hydrogen-bond donors (Lipinski definition) is 2. The van der Waals surface area contributed by atoms with Gasteiger partial charge >= 0.3 is 0 Å². The number of nitrogens with two attached hydrogens (primary N) is 1. The first-order chi connectivity index (χ1) is 9.01. The number of aromatic nitrogens is 1. The first kappa shape index (κ1) is 13.0. The minimum Gasteiger partial charge on any atom is -0.375 e. The predicted octanol–water partition coefficient (Wildman–Crippen LogP) is 2.30. The maximum absolute atomic E-state index is 13.0. The van der Waals surface area contributed by atoms with Gasteiger partial charge in [-0.1, -0.05) is 11.3 Å². The molecule has 0 bridgehead atoms. The lowest BCUT2D eigenvalue weighted by atomic mass is 10.2. The van der Waals surface area contributed by atoms with E-state index in [9.17, 15) is 9.18 Å². The molecule has 0 aliphatic heterocycles. The number of rotatable bonds is 2. The Balaban J connectivity index is 2.29. The summed E-state index contributed by atoms with van der Waals surface area (Å²) in [6, 6.07) is 5.39. The van der Waals surface area contributed by atoms with Crippen molar-refractivity contribution >= 4 is 28.1 Å². The van der Waals surface area contributed by atoms with E-state index >= 15 is 0 Å². The first-order valence-electron chi connectivity index (χ1n) is 5.25. The molecule has 0 saturated heterocycles. The Morgan fingerprint density at radius 1 is 1.58 bits per heavy atom. The standard InChI is InChI=1S/C12H9FN4OS/c1-6-10(19-12(15)16-6)11(18)17-9-3-2-8(13)4-7(9)5-14/h2-4H,1H3,(H2,15,16)(H,17,18). The molecular weight excluding hydrogens is 267 g/mol.